The fourth-order valence-corrected chi connectivity index (χ4v) is 2.58. The molecule has 2 aromatic rings. The van der Waals surface area contributed by atoms with Crippen LogP contribution in [0.5, 0.6) is 5.75 Å². The number of benzene rings is 2. The zero-order chi connectivity index (χ0) is 15.7. The molecular formula is C16H15Cl2FN2O2. The lowest BCUT2D eigenvalue weighted by Crippen LogP contribution is -2.23. The number of hydrogen-bond donors (Lipinski definition) is 2. The highest BCUT2D eigenvalue weighted by Gasteiger charge is 2.23. The third-order valence-electron chi connectivity index (χ3n) is 3.54. The molecule has 3 N–H and O–H groups in total. The van der Waals surface area contributed by atoms with Gasteiger partial charge in [0.15, 0.2) is 0 Å². The van der Waals surface area contributed by atoms with Gasteiger partial charge in [-0.15, -0.1) is 12.4 Å². The van der Waals surface area contributed by atoms with Gasteiger partial charge in [0.1, 0.15) is 11.6 Å². The quantitative estimate of drug-likeness (QED) is 0.856. The summed E-state index contributed by atoms with van der Waals surface area (Å²) in [5, 5.41) is 2.63. The SMILES string of the molecule is Cl.N[C@H]1CCOc2c(C(=O)Nc3ccc(F)c(Cl)c3)cccc21. The number of amides is 1. The van der Waals surface area contributed by atoms with Crippen molar-refractivity contribution in [3.8, 4) is 5.75 Å². The molecule has 3 rings (SSSR count). The molecule has 4 nitrogen and oxygen atoms in total. The average Bonchev–Trinajstić information content (AvgIpc) is 2.51. The van der Waals surface area contributed by atoms with Gasteiger partial charge < -0.3 is 15.8 Å². The highest BCUT2D eigenvalue weighted by atomic mass is 35.5. The second kappa shape index (κ2) is 7.17. The van der Waals surface area contributed by atoms with E-state index in [-0.39, 0.29) is 29.4 Å². The number of nitrogens with one attached hydrogen (secondary N) is 1. The molecule has 1 atom stereocenters. The molecule has 23 heavy (non-hydrogen) atoms. The van der Waals surface area contributed by atoms with Crippen LogP contribution in [0.25, 0.3) is 0 Å². The molecular weight excluding hydrogens is 342 g/mol. The van der Waals surface area contributed by atoms with Crippen LogP contribution in [0.1, 0.15) is 28.4 Å². The maximum absolute atomic E-state index is 13.1. The Morgan fingerprint density at radius 1 is 1.35 bits per heavy atom. The Morgan fingerprint density at radius 3 is 2.87 bits per heavy atom. The van der Waals surface area contributed by atoms with Gasteiger partial charge in [0.05, 0.1) is 17.2 Å². The monoisotopic (exact) mass is 356 g/mol. The molecule has 0 fully saturated rings. The largest absolute Gasteiger partial charge is 0.492 e. The van der Waals surface area contributed by atoms with Gasteiger partial charge in [-0.1, -0.05) is 23.7 Å². The second-order valence-electron chi connectivity index (χ2n) is 5.05. The normalized spacial score (nSPS) is 15.9. The van der Waals surface area contributed by atoms with Gasteiger partial charge in [-0.25, -0.2) is 4.39 Å². The van der Waals surface area contributed by atoms with Crippen molar-refractivity contribution < 1.29 is 13.9 Å². The first-order valence-electron chi connectivity index (χ1n) is 6.84. The number of hydrogen-bond acceptors (Lipinski definition) is 3. The number of carbonyl (C=O) groups excluding carboxylic acids is 1. The minimum atomic E-state index is -0.536. The molecule has 1 aliphatic rings. The molecule has 1 aliphatic heterocycles. The summed E-state index contributed by atoms with van der Waals surface area (Å²) in [6, 6.07) is 9.14. The number of ether oxygens (including phenoxy) is 1. The molecule has 2 aromatic carbocycles. The Labute approximate surface area is 144 Å². The molecule has 7 heteroatoms. The van der Waals surface area contributed by atoms with Gasteiger partial charge in [-0.2, -0.15) is 0 Å². The van der Waals surface area contributed by atoms with Crippen LogP contribution in [0.3, 0.4) is 0 Å². The van der Waals surface area contributed by atoms with Crippen molar-refractivity contribution in [2.45, 2.75) is 12.5 Å². The summed E-state index contributed by atoms with van der Waals surface area (Å²) < 4.78 is 18.7. The summed E-state index contributed by atoms with van der Waals surface area (Å²) in [7, 11) is 0. The number of anilines is 1. The lowest BCUT2D eigenvalue weighted by atomic mass is 9.98. The second-order valence-corrected chi connectivity index (χ2v) is 5.46. The molecule has 0 saturated carbocycles. The van der Waals surface area contributed by atoms with Crippen molar-refractivity contribution in [3.63, 3.8) is 0 Å². The number of para-hydroxylation sites is 1. The average molecular weight is 357 g/mol. The summed E-state index contributed by atoms with van der Waals surface area (Å²) in [6.07, 6.45) is 0.714. The van der Waals surface area contributed by atoms with Crippen molar-refractivity contribution in [2.75, 3.05) is 11.9 Å². The zero-order valence-corrected chi connectivity index (χ0v) is 13.6. The van der Waals surface area contributed by atoms with Gasteiger partial charge in [-0.3, -0.25) is 4.79 Å². The Balaban J connectivity index is 0.00000192. The Hall–Kier alpha value is -1.82. The molecule has 1 amide bonds. The summed E-state index contributed by atoms with van der Waals surface area (Å²) in [4.78, 5) is 12.4. The zero-order valence-electron chi connectivity index (χ0n) is 12.0. The molecule has 0 radical (unpaired) electrons. The van der Waals surface area contributed by atoms with Crippen LogP contribution in [-0.2, 0) is 0 Å². The van der Waals surface area contributed by atoms with Gasteiger partial charge in [0, 0.05) is 23.7 Å². The topological polar surface area (TPSA) is 64.3 Å². The molecule has 0 saturated heterocycles. The third kappa shape index (κ3) is 3.58. The van der Waals surface area contributed by atoms with Gasteiger partial charge >= 0.3 is 0 Å². The van der Waals surface area contributed by atoms with Crippen LogP contribution in [-0.4, -0.2) is 12.5 Å². The number of fused-ring (bicyclic) bond motifs is 1. The molecule has 0 aromatic heterocycles. The van der Waals surface area contributed by atoms with E-state index in [9.17, 15) is 9.18 Å². The summed E-state index contributed by atoms with van der Waals surface area (Å²) in [5.74, 6) is -0.383. The van der Waals surface area contributed by atoms with Crippen molar-refractivity contribution in [1.82, 2.24) is 0 Å². The van der Waals surface area contributed by atoms with Crippen molar-refractivity contribution in [1.29, 1.82) is 0 Å². The highest BCUT2D eigenvalue weighted by molar-refractivity contribution is 6.31. The minimum absolute atomic E-state index is 0. The van der Waals surface area contributed by atoms with E-state index in [4.69, 9.17) is 22.1 Å². The third-order valence-corrected chi connectivity index (χ3v) is 3.83. The van der Waals surface area contributed by atoms with Gasteiger partial charge in [-0.05, 0) is 24.3 Å². The van der Waals surface area contributed by atoms with Crippen LogP contribution in [0.4, 0.5) is 10.1 Å². The van der Waals surface area contributed by atoms with E-state index in [1.807, 2.05) is 6.07 Å². The molecule has 0 aliphatic carbocycles. The van der Waals surface area contributed by atoms with Crippen molar-refractivity contribution in [2.24, 2.45) is 5.73 Å². The van der Waals surface area contributed by atoms with E-state index >= 15 is 0 Å². The molecule has 0 bridgehead atoms. The molecule has 0 spiro atoms. The standard InChI is InChI=1S/C16H14ClFN2O2.ClH/c17-12-8-9(4-5-13(12)18)20-16(21)11-3-1-2-10-14(19)6-7-22-15(10)11;/h1-5,8,14H,6-7,19H2,(H,20,21);1H/t14-;/m0./s1. The summed E-state index contributed by atoms with van der Waals surface area (Å²) in [5.41, 5.74) is 7.66. The molecule has 0 unspecified atom stereocenters. The summed E-state index contributed by atoms with van der Waals surface area (Å²) in [6.45, 7) is 0.473. The first kappa shape index (κ1) is 17.5. The van der Waals surface area contributed by atoms with Gasteiger partial charge in [0.2, 0.25) is 0 Å². The van der Waals surface area contributed by atoms with Crippen LogP contribution >= 0.6 is 24.0 Å². The van der Waals surface area contributed by atoms with E-state index in [0.29, 0.717) is 30.0 Å². The minimum Gasteiger partial charge on any atom is -0.492 e. The van der Waals surface area contributed by atoms with E-state index < -0.39 is 5.82 Å². The lowest BCUT2D eigenvalue weighted by Gasteiger charge is -2.24. The van der Waals surface area contributed by atoms with Crippen LogP contribution in [0, 0.1) is 5.82 Å². The Kier molecular flexibility index (Phi) is 5.46. The van der Waals surface area contributed by atoms with Gasteiger partial charge in [0.25, 0.3) is 5.91 Å². The number of halogens is 3. The fourth-order valence-electron chi connectivity index (χ4n) is 2.40. The number of nitrogens with two attached hydrogens (primary N) is 1. The number of carbonyl (C=O) groups is 1. The predicted molar refractivity (Wildman–Crippen MR) is 90.1 cm³/mol. The lowest BCUT2D eigenvalue weighted by molar-refractivity contribution is 0.102. The smallest absolute Gasteiger partial charge is 0.259 e. The van der Waals surface area contributed by atoms with Crippen LogP contribution < -0.4 is 15.8 Å². The predicted octanol–water partition coefficient (Wildman–Crippen LogP) is 3.94. The number of rotatable bonds is 2. The van der Waals surface area contributed by atoms with Crippen LogP contribution in [0.15, 0.2) is 36.4 Å². The molecule has 122 valence electrons. The summed E-state index contributed by atoms with van der Waals surface area (Å²) >= 11 is 5.71. The van der Waals surface area contributed by atoms with E-state index in [2.05, 4.69) is 5.32 Å². The van der Waals surface area contributed by atoms with Crippen molar-refractivity contribution >= 4 is 35.6 Å². The van der Waals surface area contributed by atoms with E-state index in [1.165, 1.54) is 18.2 Å². The van der Waals surface area contributed by atoms with Crippen molar-refractivity contribution in [3.05, 3.63) is 58.4 Å². The van der Waals surface area contributed by atoms with E-state index in [1.54, 1.807) is 12.1 Å². The Morgan fingerprint density at radius 2 is 2.13 bits per heavy atom. The fraction of sp³-hybridized carbons (Fsp3) is 0.188. The first-order valence-corrected chi connectivity index (χ1v) is 7.22. The maximum atomic E-state index is 13.1. The molecule has 1 heterocycles. The van der Waals surface area contributed by atoms with E-state index in [0.717, 1.165) is 5.56 Å². The van der Waals surface area contributed by atoms with Crippen LogP contribution in [0.2, 0.25) is 5.02 Å². The highest BCUT2D eigenvalue weighted by Crippen LogP contribution is 2.34. The maximum Gasteiger partial charge on any atom is 0.259 e. The first-order chi connectivity index (χ1) is 10.6. The Bertz CT molecular complexity index is 740.